The third kappa shape index (κ3) is 3.67. The highest BCUT2D eigenvalue weighted by atomic mass is 16.5. The quantitative estimate of drug-likeness (QED) is 0.349. The van der Waals surface area contributed by atoms with E-state index < -0.39 is 0 Å². The molecule has 34 heavy (non-hydrogen) atoms. The SMILES string of the molecule is O=C1CC(c2cccc(-c3cccc(C4CC(=O)c5ccccc5O4)c3)c2)Oc2ccccc21. The first kappa shape index (κ1) is 20.4. The van der Waals surface area contributed by atoms with E-state index in [1.54, 1.807) is 0 Å². The van der Waals surface area contributed by atoms with Crippen LogP contribution in [0.25, 0.3) is 11.1 Å². The minimum Gasteiger partial charge on any atom is -0.484 e. The van der Waals surface area contributed by atoms with Crippen molar-refractivity contribution in [3.8, 4) is 22.6 Å². The van der Waals surface area contributed by atoms with Gasteiger partial charge in [-0.05, 0) is 58.7 Å². The van der Waals surface area contributed by atoms with E-state index in [2.05, 4.69) is 12.1 Å². The Kier molecular flexibility index (Phi) is 4.99. The summed E-state index contributed by atoms with van der Waals surface area (Å²) in [5.74, 6) is 1.46. The number of ether oxygens (including phenoxy) is 2. The molecular weight excluding hydrogens is 424 g/mol. The van der Waals surface area contributed by atoms with Crippen LogP contribution in [-0.4, -0.2) is 11.6 Å². The Bertz CT molecular complexity index is 1310. The Morgan fingerprint density at radius 3 is 1.44 bits per heavy atom. The van der Waals surface area contributed by atoms with Crippen LogP contribution < -0.4 is 9.47 Å². The molecule has 0 radical (unpaired) electrons. The van der Waals surface area contributed by atoms with E-state index in [1.807, 2.05) is 84.9 Å². The minimum atomic E-state index is -0.318. The second-order valence-corrected chi connectivity index (χ2v) is 8.71. The summed E-state index contributed by atoms with van der Waals surface area (Å²) >= 11 is 0. The second kappa shape index (κ2) is 8.31. The standard InChI is InChI=1S/C30H22O4/c31-25-17-29(33-27-13-3-1-11-23(25)27)21-9-5-7-19(15-21)20-8-6-10-22(16-20)30-18-26(32)24-12-2-4-14-28(24)34-30/h1-16,29-30H,17-18H2. The molecule has 2 aliphatic heterocycles. The number of hydrogen-bond acceptors (Lipinski definition) is 4. The van der Waals surface area contributed by atoms with Crippen molar-refractivity contribution in [1.29, 1.82) is 0 Å². The van der Waals surface area contributed by atoms with E-state index in [4.69, 9.17) is 9.47 Å². The first-order valence-corrected chi connectivity index (χ1v) is 11.4. The van der Waals surface area contributed by atoms with Gasteiger partial charge in [-0.15, -0.1) is 0 Å². The first-order valence-electron chi connectivity index (χ1n) is 11.4. The Hall–Kier alpha value is -4.18. The van der Waals surface area contributed by atoms with Crippen LogP contribution in [0.5, 0.6) is 11.5 Å². The Labute approximate surface area is 197 Å². The summed E-state index contributed by atoms with van der Waals surface area (Å²) in [6.45, 7) is 0. The molecule has 0 saturated carbocycles. The topological polar surface area (TPSA) is 52.6 Å². The fraction of sp³-hybridized carbons (Fsp3) is 0.133. The molecule has 4 nitrogen and oxygen atoms in total. The van der Waals surface area contributed by atoms with E-state index in [-0.39, 0.29) is 23.8 Å². The van der Waals surface area contributed by atoms with Gasteiger partial charge in [-0.1, -0.05) is 60.7 Å². The number of carbonyl (C=O) groups excluding carboxylic acids is 2. The van der Waals surface area contributed by atoms with Gasteiger partial charge in [-0.25, -0.2) is 0 Å². The molecule has 4 aromatic carbocycles. The fourth-order valence-electron chi connectivity index (χ4n) is 4.75. The number of fused-ring (bicyclic) bond motifs is 2. The third-order valence-electron chi connectivity index (χ3n) is 6.51. The number of benzene rings is 4. The molecular formula is C30H22O4. The van der Waals surface area contributed by atoms with Crippen LogP contribution in [0, 0.1) is 0 Å². The molecule has 2 heterocycles. The predicted octanol–water partition coefficient (Wildman–Crippen LogP) is 6.77. The van der Waals surface area contributed by atoms with Crippen LogP contribution in [0.1, 0.15) is 56.9 Å². The molecule has 0 amide bonds. The largest absolute Gasteiger partial charge is 0.484 e. The summed E-state index contributed by atoms with van der Waals surface area (Å²) in [5, 5.41) is 0. The zero-order valence-electron chi connectivity index (χ0n) is 18.4. The summed E-state index contributed by atoms with van der Waals surface area (Å²) < 4.78 is 12.3. The van der Waals surface area contributed by atoms with Gasteiger partial charge in [-0.3, -0.25) is 9.59 Å². The van der Waals surface area contributed by atoms with Crippen molar-refractivity contribution >= 4 is 11.6 Å². The van der Waals surface area contributed by atoms with Gasteiger partial charge in [0.25, 0.3) is 0 Å². The molecule has 2 aliphatic rings. The van der Waals surface area contributed by atoms with Crippen molar-refractivity contribution in [1.82, 2.24) is 0 Å². The highest BCUT2D eigenvalue weighted by Gasteiger charge is 2.29. The molecule has 0 aromatic heterocycles. The van der Waals surface area contributed by atoms with Gasteiger partial charge in [0.2, 0.25) is 0 Å². The van der Waals surface area contributed by atoms with Gasteiger partial charge in [0.05, 0.1) is 24.0 Å². The average Bonchev–Trinajstić information content (AvgIpc) is 2.89. The highest BCUT2D eigenvalue weighted by Crippen LogP contribution is 2.38. The van der Waals surface area contributed by atoms with Crippen LogP contribution in [0.4, 0.5) is 0 Å². The van der Waals surface area contributed by atoms with E-state index >= 15 is 0 Å². The van der Waals surface area contributed by atoms with E-state index in [0.29, 0.717) is 35.5 Å². The van der Waals surface area contributed by atoms with Gasteiger partial charge in [0.15, 0.2) is 11.6 Å². The second-order valence-electron chi connectivity index (χ2n) is 8.71. The summed E-state index contributed by atoms with van der Waals surface area (Å²) in [5.41, 5.74) is 5.26. The summed E-state index contributed by atoms with van der Waals surface area (Å²) in [4.78, 5) is 25.3. The van der Waals surface area contributed by atoms with Crippen molar-refractivity contribution in [3.05, 3.63) is 119 Å². The summed E-state index contributed by atoms with van der Waals surface area (Å²) in [6, 6.07) is 31.0. The molecule has 4 aromatic rings. The van der Waals surface area contributed by atoms with Gasteiger partial charge in [-0.2, -0.15) is 0 Å². The number of Topliss-reactive ketones (excluding diaryl/α,β-unsaturated/α-hetero) is 2. The maximum absolute atomic E-state index is 12.6. The molecule has 0 bridgehead atoms. The molecule has 0 aliphatic carbocycles. The zero-order valence-corrected chi connectivity index (χ0v) is 18.4. The summed E-state index contributed by atoms with van der Waals surface area (Å²) in [6.07, 6.45) is -0.00162. The van der Waals surface area contributed by atoms with Crippen LogP contribution in [0.15, 0.2) is 97.1 Å². The maximum atomic E-state index is 12.6. The Morgan fingerprint density at radius 2 is 0.971 bits per heavy atom. The lowest BCUT2D eigenvalue weighted by molar-refractivity contribution is 0.0840. The van der Waals surface area contributed by atoms with Gasteiger partial charge >= 0.3 is 0 Å². The molecule has 4 heteroatoms. The molecule has 0 saturated heterocycles. The molecule has 0 spiro atoms. The summed E-state index contributed by atoms with van der Waals surface area (Å²) in [7, 11) is 0. The lowest BCUT2D eigenvalue weighted by atomic mass is 9.92. The van der Waals surface area contributed by atoms with Crippen molar-refractivity contribution in [2.24, 2.45) is 0 Å². The predicted molar refractivity (Wildman–Crippen MR) is 129 cm³/mol. The number of ketones is 2. The fourth-order valence-corrected chi connectivity index (χ4v) is 4.75. The van der Waals surface area contributed by atoms with Crippen molar-refractivity contribution in [3.63, 3.8) is 0 Å². The van der Waals surface area contributed by atoms with Gasteiger partial charge < -0.3 is 9.47 Å². The lowest BCUT2D eigenvalue weighted by Crippen LogP contribution is -2.20. The molecule has 6 rings (SSSR count). The number of carbonyl (C=O) groups is 2. The molecule has 2 unspecified atom stereocenters. The van der Waals surface area contributed by atoms with Crippen LogP contribution >= 0.6 is 0 Å². The Morgan fingerprint density at radius 1 is 0.529 bits per heavy atom. The average molecular weight is 447 g/mol. The van der Waals surface area contributed by atoms with Crippen molar-refractivity contribution in [2.45, 2.75) is 25.0 Å². The van der Waals surface area contributed by atoms with Gasteiger partial charge in [0.1, 0.15) is 23.7 Å². The van der Waals surface area contributed by atoms with Crippen LogP contribution in [-0.2, 0) is 0 Å². The van der Waals surface area contributed by atoms with Crippen molar-refractivity contribution < 1.29 is 19.1 Å². The van der Waals surface area contributed by atoms with E-state index in [1.165, 1.54) is 0 Å². The molecule has 0 N–H and O–H groups in total. The lowest BCUT2D eigenvalue weighted by Gasteiger charge is -2.26. The highest BCUT2D eigenvalue weighted by molar-refractivity contribution is 6.00. The number of hydrogen-bond donors (Lipinski definition) is 0. The monoisotopic (exact) mass is 446 g/mol. The third-order valence-corrected chi connectivity index (χ3v) is 6.51. The van der Waals surface area contributed by atoms with E-state index in [0.717, 1.165) is 22.3 Å². The smallest absolute Gasteiger partial charge is 0.170 e. The van der Waals surface area contributed by atoms with Crippen LogP contribution in [0.2, 0.25) is 0 Å². The van der Waals surface area contributed by atoms with Crippen molar-refractivity contribution in [2.75, 3.05) is 0 Å². The maximum Gasteiger partial charge on any atom is 0.170 e. The molecule has 2 atom stereocenters. The minimum absolute atomic E-state index is 0.0960. The van der Waals surface area contributed by atoms with Crippen LogP contribution in [0.3, 0.4) is 0 Å². The first-order chi connectivity index (χ1) is 16.7. The Balaban J connectivity index is 1.29. The normalized spacial score (nSPS) is 18.9. The zero-order chi connectivity index (χ0) is 23.1. The number of rotatable bonds is 3. The number of para-hydroxylation sites is 2. The molecule has 166 valence electrons. The van der Waals surface area contributed by atoms with Gasteiger partial charge in [0, 0.05) is 0 Å². The van der Waals surface area contributed by atoms with E-state index in [9.17, 15) is 9.59 Å². The molecule has 0 fully saturated rings.